The zero-order chi connectivity index (χ0) is 9.84. The van der Waals surface area contributed by atoms with Crippen LogP contribution in [0.5, 0.6) is 0 Å². The van der Waals surface area contributed by atoms with E-state index in [2.05, 4.69) is 6.58 Å². The molecular formula is C10H14O3. The molecule has 0 saturated heterocycles. The number of hydrogen-bond donors (Lipinski definition) is 0. The van der Waals surface area contributed by atoms with Gasteiger partial charge in [0.05, 0.1) is 12.2 Å². The van der Waals surface area contributed by atoms with Crippen molar-refractivity contribution < 1.29 is 14.3 Å². The molecule has 0 fully saturated rings. The molecule has 13 heavy (non-hydrogen) atoms. The summed E-state index contributed by atoms with van der Waals surface area (Å²) < 4.78 is 10.3. The Hall–Kier alpha value is -1.25. The van der Waals surface area contributed by atoms with Crippen molar-refractivity contribution in [3.05, 3.63) is 24.0 Å². The molecule has 1 heterocycles. The number of carbonyl (C=O) groups is 1. The average Bonchev–Trinajstić information content (AvgIpc) is 2.33. The van der Waals surface area contributed by atoms with Gasteiger partial charge >= 0.3 is 5.97 Å². The van der Waals surface area contributed by atoms with Gasteiger partial charge in [-0.05, 0) is 13.8 Å². The smallest absolute Gasteiger partial charge is 0.338 e. The lowest BCUT2D eigenvalue weighted by Gasteiger charge is -2.08. The first kappa shape index (κ1) is 9.84. The van der Waals surface area contributed by atoms with Crippen molar-refractivity contribution >= 4 is 5.97 Å². The van der Waals surface area contributed by atoms with Crippen molar-refractivity contribution in [3.8, 4) is 0 Å². The molecular weight excluding hydrogens is 168 g/mol. The summed E-state index contributed by atoms with van der Waals surface area (Å²) in [5.41, 5.74) is 0.601. The highest BCUT2D eigenvalue weighted by Gasteiger charge is 2.31. The molecule has 0 aromatic carbocycles. The standard InChI is InChI=1S/C10H14O3/c1-4-6-8-9(12-5-2)7(3)13-10(8)11/h4,7H,1,5-6H2,2-3H3. The normalized spacial score (nSPS) is 21.7. The molecule has 0 N–H and O–H groups in total. The lowest BCUT2D eigenvalue weighted by Crippen LogP contribution is -2.07. The highest BCUT2D eigenvalue weighted by molar-refractivity contribution is 5.92. The number of rotatable bonds is 4. The second-order valence-corrected chi connectivity index (χ2v) is 2.82. The maximum atomic E-state index is 11.3. The number of carbonyl (C=O) groups excluding carboxylic acids is 1. The van der Waals surface area contributed by atoms with Gasteiger partial charge in [-0.2, -0.15) is 0 Å². The van der Waals surface area contributed by atoms with E-state index in [9.17, 15) is 4.79 Å². The summed E-state index contributed by atoms with van der Waals surface area (Å²) in [6, 6.07) is 0. The summed E-state index contributed by atoms with van der Waals surface area (Å²) in [5.74, 6) is 0.378. The van der Waals surface area contributed by atoms with Gasteiger partial charge < -0.3 is 9.47 Å². The molecule has 72 valence electrons. The number of hydrogen-bond acceptors (Lipinski definition) is 3. The zero-order valence-corrected chi connectivity index (χ0v) is 8.00. The number of cyclic esters (lactones) is 1. The third-order valence-electron chi connectivity index (χ3n) is 1.85. The molecule has 1 unspecified atom stereocenters. The van der Waals surface area contributed by atoms with Gasteiger partial charge in [-0.3, -0.25) is 0 Å². The molecule has 1 aliphatic rings. The Labute approximate surface area is 78.0 Å². The molecule has 0 aromatic rings. The highest BCUT2D eigenvalue weighted by atomic mass is 16.6. The van der Waals surface area contributed by atoms with Crippen molar-refractivity contribution in [1.29, 1.82) is 0 Å². The van der Waals surface area contributed by atoms with E-state index in [1.54, 1.807) is 13.0 Å². The topological polar surface area (TPSA) is 35.5 Å². The van der Waals surface area contributed by atoms with Gasteiger partial charge in [0.1, 0.15) is 5.76 Å². The van der Waals surface area contributed by atoms with Crippen LogP contribution in [0.3, 0.4) is 0 Å². The first-order valence-electron chi connectivity index (χ1n) is 4.38. The number of allylic oxidation sites excluding steroid dienone is 1. The number of ether oxygens (including phenoxy) is 2. The lowest BCUT2D eigenvalue weighted by atomic mass is 10.1. The predicted octanol–water partition coefficient (Wildman–Crippen LogP) is 1.80. The predicted molar refractivity (Wildman–Crippen MR) is 49.0 cm³/mol. The first-order valence-corrected chi connectivity index (χ1v) is 4.38. The van der Waals surface area contributed by atoms with Crippen LogP contribution in [0.4, 0.5) is 0 Å². The lowest BCUT2D eigenvalue weighted by molar-refractivity contribution is -0.139. The molecule has 0 aliphatic carbocycles. The third-order valence-corrected chi connectivity index (χ3v) is 1.85. The summed E-state index contributed by atoms with van der Waals surface area (Å²) >= 11 is 0. The van der Waals surface area contributed by atoms with Crippen LogP contribution in [0.2, 0.25) is 0 Å². The summed E-state index contributed by atoms with van der Waals surface area (Å²) in [6.07, 6.45) is 1.94. The molecule has 0 spiro atoms. The van der Waals surface area contributed by atoms with Crippen LogP contribution in [-0.4, -0.2) is 18.7 Å². The van der Waals surface area contributed by atoms with E-state index in [0.717, 1.165) is 0 Å². The van der Waals surface area contributed by atoms with Gasteiger partial charge in [-0.1, -0.05) is 6.08 Å². The van der Waals surface area contributed by atoms with Crippen molar-refractivity contribution in [1.82, 2.24) is 0 Å². The molecule has 1 aliphatic heterocycles. The van der Waals surface area contributed by atoms with Crippen molar-refractivity contribution in [3.63, 3.8) is 0 Å². The van der Waals surface area contributed by atoms with Crippen molar-refractivity contribution in [2.75, 3.05) is 6.61 Å². The molecule has 0 aromatic heterocycles. The van der Waals surface area contributed by atoms with Gasteiger partial charge in [-0.15, -0.1) is 6.58 Å². The Balaban J connectivity index is 2.87. The van der Waals surface area contributed by atoms with Crippen LogP contribution in [0.15, 0.2) is 24.0 Å². The minimum absolute atomic E-state index is 0.248. The second kappa shape index (κ2) is 4.12. The maximum Gasteiger partial charge on any atom is 0.338 e. The Bertz CT molecular complexity index is 253. The monoisotopic (exact) mass is 182 g/mol. The second-order valence-electron chi connectivity index (χ2n) is 2.82. The van der Waals surface area contributed by atoms with E-state index in [0.29, 0.717) is 24.4 Å². The fraction of sp³-hybridized carbons (Fsp3) is 0.500. The van der Waals surface area contributed by atoms with Gasteiger partial charge in [0, 0.05) is 6.42 Å². The average molecular weight is 182 g/mol. The molecule has 1 atom stereocenters. The highest BCUT2D eigenvalue weighted by Crippen LogP contribution is 2.25. The number of esters is 1. The fourth-order valence-electron chi connectivity index (χ4n) is 1.32. The van der Waals surface area contributed by atoms with E-state index < -0.39 is 0 Å². The Morgan fingerprint density at radius 2 is 2.38 bits per heavy atom. The van der Waals surface area contributed by atoms with E-state index >= 15 is 0 Å². The van der Waals surface area contributed by atoms with Crippen LogP contribution < -0.4 is 0 Å². The largest absolute Gasteiger partial charge is 0.494 e. The van der Waals surface area contributed by atoms with E-state index in [-0.39, 0.29) is 12.1 Å². The fourth-order valence-corrected chi connectivity index (χ4v) is 1.32. The van der Waals surface area contributed by atoms with E-state index in [1.807, 2.05) is 6.92 Å². The molecule has 3 heteroatoms. The summed E-state index contributed by atoms with van der Waals surface area (Å²) in [7, 11) is 0. The van der Waals surface area contributed by atoms with Crippen LogP contribution in [0.1, 0.15) is 20.3 Å². The van der Waals surface area contributed by atoms with Gasteiger partial charge in [0.15, 0.2) is 6.10 Å². The van der Waals surface area contributed by atoms with E-state index in [4.69, 9.17) is 9.47 Å². The molecule has 0 bridgehead atoms. The van der Waals surface area contributed by atoms with Crippen molar-refractivity contribution in [2.24, 2.45) is 0 Å². The zero-order valence-electron chi connectivity index (χ0n) is 8.00. The van der Waals surface area contributed by atoms with Crippen LogP contribution in [0, 0.1) is 0 Å². The van der Waals surface area contributed by atoms with E-state index in [1.165, 1.54) is 0 Å². The minimum Gasteiger partial charge on any atom is -0.494 e. The molecule has 0 saturated carbocycles. The maximum absolute atomic E-state index is 11.3. The quantitative estimate of drug-likeness (QED) is 0.491. The van der Waals surface area contributed by atoms with Crippen LogP contribution >= 0.6 is 0 Å². The Kier molecular flexibility index (Phi) is 3.12. The van der Waals surface area contributed by atoms with Crippen LogP contribution in [-0.2, 0) is 14.3 Å². The summed E-state index contributed by atoms with van der Waals surface area (Å²) in [6.45, 7) is 7.82. The summed E-state index contributed by atoms with van der Waals surface area (Å²) in [5, 5.41) is 0. The van der Waals surface area contributed by atoms with Gasteiger partial charge in [0.25, 0.3) is 0 Å². The molecule has 0 amide bonds. The molecule has 0 radical (unpaired) electrons. The minimum atomic E-state index is -0.282. The third kappa shape index (κ3) is 1.91. The first-order chi connectivity index (χ1) is 6.20. The summed E-state index contributed by atoms with van der Waals surface area (Å²) in [4.78, 5) is 11.3. The molecule has 1 rings (SSSR count). The van der Waals surface area contributed by atoms with Crippen molar-refractivity contribution in [2.45, 2.75) is 26.4 Å². The Morgan fingerprint density at radius 1 is 1.69 bits per heavy atom. The van der Waals surface area contributed by atoms with Gasteiger partial charge in [-0.25, -0.2) is 4.79 Å². The SMILES string of the molecule is C=CCC1=C(OCC)C(C)OC1=O. The van der Waals surface area contributed by atoms with Crippen LogP contribution in [0.25, 0.3) is 0 Å². The Morgan fingerprint density at radius 3 is 2.92 bits per heavy atom. The molecule has 3 nitrogen and oxygen atoms in total. The van der Waals surface area contributed by atoms with Gasteiger partial charge in [0.2, 0.25) is 0 Å².